The lowest BCUT2D eigenvalue weighted by atomic mass is 9.87. The van der Waals surface area contributed by atoms with Crippen LogP contribution in [0.3, 0.4) is 0 Å². The SMILES string of the molecule is COCCC(C(=O)Nc1ccc(C(=O)OC)s1)c1c(-c2cc(Cl)ccc2C#N)c(OC)c[nH]c1=O. The molecule has 0 fully saturated rings. The summed E-state index contributed by atoms with van der Waals surface area (Å²) in [5.41, 5.74) is 0.474. The topological polar surface area (TPSA) is 131 Å². The van der Waals surface area contributed by atoms with E-state index in [4.69, 9.17) is 25.8 Å². The van der Waals surface area contributed by atoms with E-state index in [0.29, 0.717) is 20.5 Å². The number of thiophene rings is 1. The fourth-order valence-electron chi connectivity index (χ4n) is 3.59. The second-order valence-corrected chi connectivity index (χ2v) is 8.78. The van der Waals surface area contributed by atoms with Gasteiger partial charge in [0.15, 0.2) is 0 Å². The van der Waals surface area contributed by atoms with Crippen molar-refractivity contribution in [2.45, 2.75) is 12.3 Å². The van der Waals surface area contributed by atoms with Crippen molar-refractivity contribution in [2.75, 3.05) is 33.3 Å². The molecule has 182 valence electrons. The minimum absolute atomic E-state index is 0.0995. The van der Waals surface area contributed by atoms with Crippen LogP contribution in [0.15, 0.2) is 41.3 Å². The van der Waals surface area contributed by atoms with Gasteiger partial charge in [0.25, 0.3) is 5.56 Å². The number of amides is 1. The van der Waals surface area contributed by atoms with E-state index in [-0.39, 0.29) is 35.5 Å². The van der Waals surface area contributed by atoms with Crippen molar-refractivity contribution in [2.24, 2.45) is 0 Å². The Morgan fingerprint density at radius 1 is 1.23 bits per heavy atom. The predicted octanol–water partition coefficient (Wildman–Crippen LogP) is 4.18. The highest BCUT2D eigenvalue weighted by atomic mass is 35.5. The van der Waals surface area contributed by atoms with Crippen LogP contribution in [0, 0.1) is 11.3 Å². The summed E-state index contributed by atoms with van der Waals surface area (Å²) in [6.45, 7) is 0.173. The zero-order chi connectivity index (χ0) is 25.5. The molecule has 0 saturated carbocycles. The number of halogens is 1. The van der Waals surface area contributed by atoms with Gasteiger partial charge in [-0.15, -0.1) is 11.3 Å². The molecule has 35 heavy (non-hydrogen) atoms. The molecule has 0 spiro atoms. The van der Waals surface area contributed by atoms with Crippen LogP contribution in [0.2, 0.25) is 5.02 Å². The molecule has 3 aromatic rings. The van der Waals surface area contributed by atoms with Gasteiger partial charge in [0.2, 0.25) is 5.91 Å². The average molecular weight is 516 g/mol. The van der Waals surface area contributed by atoms with Gasteiger partial charge in [0, 0.05) is 41.6 Å². The molecular formula is C24H22ClN3O6S. The molecule has 0 saturated heterocycles. The first-order valence-electron chi connectivity index (χ1n) is 10.3. The Morgan fingerprint density at radius 2 is 2.00 bits per heavy atom. The summed E-state index contributed by atoms with van der Waals surface area (Å²) in [6.07, 6.45) is 1.53. The number of methoxy groups -OCH3 is 3. The van der Waals surface area contributed by atoms with Gasteiger partial charge in [0.1, 0.15) is 10.6 Å². The summed E-state index contributed by atoms with van der Waals surface area (Å²) in [4.78, 5) is 41.3. The number of carbonyl (C=O) groups excluding carboxylic acids is 2. The van der Waals surface area contributed by atoms with Crippen LogP contribution in [-0.2, 0) is 14.3 Å². The summed E-state index contributed by atoms with van der Waals surface area (Å²) in [5, 5.41) is 13.2. The second-order valence-electron chi connectivity index (χ2n) is 7.26. The minimum Gasteiger partial charge on any atom is -0.495 e. The van der Waals surface area contributed by atoms with Gasteiger partial charge in [-0.05, 0) is 36.8 Å². The smallest absolute Gasteiger partial charge is 0.348 e. The van der Waals surface area contributed by atoms with Crippen molar-refractivity contribution in [3.8, 4) is 22.9 Å². The van der Waals surface area contributed by atoms with Gasteiger partial charge in [-0.2, -0.15) is 5.26 Å². The fraction of sp³-hybridized carbons (Fsp3) is 0.250. The highest BCUT2D eigenvalue weighted by Crippen LogP contribution is 2.39. The molecule has 0 bridgehead atoms. The number of nitrogens with one attached hydrogen (secondary N) is 2. The average Bonchev–Trinajstić information content (AvgIpc) is 3.32. The Labute approximate surface area is 210 Å². The number of hydrogen-bond donors (Lipinski definition) is 2. The number of nitrogens with zero attached hydrogens (tertiary/aromatic N) is 1. The highest BCUT2D eigenvalue weighted by molar-refractivity contribution is 7.18. The summed E-state index contributed by atoms with van der Waals surface area (Å²) in [5.74, 6) is -1.75. The molecule has 1 atom stereocenters. The molecule has 11 heteroatoms. The third kappa shape index (κ3) is 5.71. The van der Waals surface area contributed by atoms with Gasteiger partial charge in [0.05, 0.1) is 36.8 Å². The minimum atomic E-state index is -0.988. The van der Waals surface area contributed by atoms with Crippen molar-refractivity contribution in [1.82, 2.24) is 4.98 Å². The lowest BCUT2D eigenvalue weighted by Gasteiger charge is -2.21. The quantitative estimate of drug-likeness (QED) is 0.409. The summed E-state index contributed by atoms with van der Waals surface area (Å²) >= 11 is 7.25. The van der Waals surface area contributed by atoms with E-state index in [1.54, 1.807) is 18.2 Å². The molecule has 2 heterocycles. The molecular weight excluding hydrogens is 494 g/mol. The van der Waals surface area contributed by atoms with Gasteiger partial charge >= 0.3 is 5.97 Å². The molecule has 0 aliphatic rings. The van der Waals surface area contributed by atoms with Crippen molar-refractivity contribution in [1.29, 1.82) is 5.26 Å². The third-order valence-corrected chi connectivity index (χ3v) is 6.42. The number of rotatable bonds is 9. The Bertz CT molecular complexity index is 1340. The molecule has 0 radical (unpaired) electrons. The van der Waals surface area contributed by atoms with Crippen LogP contribution in [0.25, 0.3) is 11.1 Å². The number of benzene rings is 1. The van der Waals surface area contributed by atoms with Gasteiger partial charge in [-0.1, -0.05) is 11.6 Å². The maximum Gasteiger partial charge on any atom is 0.348 e. The molecule has 2 aromatic heterocycles. The van der Waals surface area contributed by atoms with Crippen LogP contribution >= 0.6 is 22.9 Å². The van der Waals surface area contributed by atoms with Crippen LogP contribution < -0.4 is 15.6 Å². The molecule has 9 nitrogen and oxygen atoms in total. The van der Waals surface area contributed by atoms with Crippen molar-refractivity contribution >= 4 is 39.8 Å². The zero-order valence-corrected chi connectivity index (χ0v) is 20.7. The Morgan fingerprint density at radius 3 is 2.66 bits per heavy atom. The molecule has 1 unspecified atom stereocenters. The van der Waals surface area contributed by atoms with Crippen LogP contribution in [0.1, 0.15) is 33.1 Å². The lowest BCUT2D eigenvalue weighted by molar-refractivity contribution is -0.118. The highest BCUT2D eigenvalue weighted by Gasteiger charge is 2.30. The summed E-state index contributed by atoms with van der Waals surface area (Å²) in [7, 11) is 4.17. The predicted molar refractivity (Wildman–Crippen MR) is 132 cm³/mol. The number of nitriles is 1. The molecule has 1 amide bonds. The Balaban J connectivity index is 2.16. The van der Waals surface area contributed by atoms with E-state index in [1.165, 1.54) is 39.7 Å². The van der Waals surface area contributed by atoms with Crippen molar-refractivity contribution in [3.05, 3.63) is 67.9 Å². The van der Waals surface area contributed by atoms with E-state index in [0.717, 1.165) is 11.3 Å². The number of carbonyl (C=O) groups is 2. The number of hydrogen-bond acceptors (Lipinski definition) is 8. The number of pyridine rings is 1. The van der Waals surface area contributed by atoms with Crippen LogP contribution in [0.5, 0.6) is 5.75 Å². The third-order valence-electron chi connectivity index (χ3n) is 5.20. The molecule has 1 aromatic carbocycles. The van der Waals surface area contributed by atoms with E-state index >= 15 is 0 Å². The first-order chi connectivity index (χ1) is 16.8. The summed E-state index contributed by atoms with van der Waals surface area (Å²) < 4.78 is 15.4. The first kappa shape index (κ1) is 26.0. The van der Waals surface area contributed by atoms with E-state index in [2.05, 4.69) is 16.4 Å². The van der Waals surface area contributed by atoms with Gasteiger partial charge < -0.3 is 24.5 Å². The number of H-pyrrole nitrogens is 1. The molecule has 0 aliphatic heterocycles. The van der Waals surface area contributed by atoms with Gasteiger partial charge in [-0.3, -0.25) is 9.59 Å². The monoisotopic (exact) mass is 515 g/mol. The summed E-state index contributed by atoms with van der Waals surface area (Å²) in [6, 6.07) is 9.85. The second kappa shape index (κ2) is 11.7. The maximum absolute atomic E-state index is 13.5. The number of ether oxygens (including phenoxy) is 3. The van der Waals surface area contributed by atoms with E-state index < -0.39 is 23.4 Å². The van der Waals surface area contributed by atoms with E-state index in [9.17, 15) is 19.6 Å². The van der Waals surface area contributed by atoms with Gasteiger partial charge in [-0.25, -0.2) is 4.79 Å². The number of aromatic amines is 1. The van der Waals surface area contributed by atoms with Crippen LogP contribution in [0.4, 0.5) is 5.00 Å². The Hall–Kier alpha value is -3.65. The standard InChI is InChI=1S/C24H22ClN3O6S/c1-32-9-8-15(22(29)28-19-7-6-18(35-19)24(31)34-3)21-20(17(33-2)12-27-23(21)30)16-10-14(25)5-4-13(16)11-26/h4-7,10,12,15H,8-9H2,1-3H3,(H,27,30)(H,28,29). The number of esters is 1. The van der Waals surface area contributed by atoms with Crippen molar-refractivity contribution < 1.29 is 23.8 Å². The van der Waals surface area contributed by atoms with Crippen LogP contribution in [-0.4, -0.2) is 44.8 Å². The largest absolute Gasteiger partial charge is 0.495 e. The molecule has 3 rings (SSSR count). The number of anilines is 1. The first-order valence-corrected chi connectivity index (χ1v) is 11.5. The molecule has 2 N–H and O–H groups in total. The normalized spacial score (nSPS) is 11.4. The van der Waals surface area contributed by atoms with Crippen molar-refractivity contribution in [3.63, 3.8) is 0 Å². The lowest BCUT2D eigenvalue weighted by Crippen LogP contribution is -2.28. The zero-order valence-electron chi connectivity index (χ0n) is 19.1. The van der Waals surface area contributed by atoms with E-state index in [1.807, 2.05) is 0 Å². The fourth-order valence-corrected chi connectivity index (χ4v) is 4.58. The Kier molecular flexibility index (Phi) is 8.65. The maximum atomic E-state index is 13.5. The number of aromatic nitrogens is 1. The molecule has 0 aliphatic carbocycles.